The van der Waals surface area contributed by atoms with Crippen molar-refractivity contribution < 1.29 is 27.8 Å². The lowest BCUT2D eigenvalue weighted by molar-refractivity contribution is 0.250. The van der Waals surface area contributed by atoms with Crippen LogP contribution < -0.4 is 24.8 Å². The van der Waals surface area contributed by atoms with Crippen molar-refractivity contribution in [1.82, 2.24) is 14.6 Å². The predicted molar refractivity (Wildman–Crippen MR) is 118 cm³/mol. The van der Waals surface area contributed by atoms with E-state index in [1.807, 2.05) is 0 Å². The van der Waals surface area contributed by atoms with Gasteiger partial charge < -0.3 is 24.4 Å². The molecule has 32 heavy (non-hydrogen) atoms. The molecule has 3 rings (SSSR count). The molecule has 2 aromatic rings. The number of amides is 2. The molecule has 1 atom stereocenters. The molecule has 1 fully saturated rings. The van der Waals surface area contributed by atoms with Gasteiger partial charge in [0.05, 0.1) is 19.8 Å². The van der Waals surface area contributed by atoms with Gasteiger partial charge in [-0.15, -0.1) is 0 Å². The number of hydrogen-bond donors (Lipinski definition) is 2. The van der Waals surface area contributed by atoms with E-state index in [4.69, 9.17) is 14.2 Å². The van der Waals surface area contributed by atoms with Gasteiger partial charge in [-0.05, 0) is 50.8 Å². The lowest BCUT2D eigenvalue weighted by Gasteiger charge is -2.19. The normalized spacial score (nSPS) is 16.1. The Labute approximate surface area is 190 Å². The van der Waals surface area contributed by atoms with Crippen molar-refractivity contribution in [2.75, 3.05) is 39.7 Å². The summed E-state index contributed by atoms with van der Waals surface area (Å²) >= 11 is 1.01. The van der Waals surface area contributed by atoms with Crippen LogP contribution in [0.2, 0.25) is 0 Å². The zero-order valence-corrected chi connectivity index (χ0v) is 19.2. The Morgan fingerprint density at radius 1 is 1.25 bits per heavy atom. The second-order valence-corrected chi connectivity index (χ2v) is 8.31. The number of methoxy groups -OCH3 is 2. The summed E-state index contributed by atoms with van der Waals surface area (Å²) in [5, 5.41) is 5.96. The number of hydrogen-bond acceptors (Lipinski definition) is 7. The minimum atomic E-state index is -0.873. The highest BCUT2D eigenvalue weighted by molar-refractivity contribution is 7.10. The molecule has 0 spiro atoms. The number of urea groups is 1. The summed E-state index contributed by atoms with van der Waals surface area (Å²) in [6.45, 7) is 1.30. The van der Waals surface area contributed by atoms with Gasteiger partial charge in [0.25, 0.3) is 0 Å². The maximum Gasteiger partial charge on any atom is 0.319 e. The maximum absolute atomic E-state index is 14.4. The van der Waals surface area contributed by atoms with E-state index in [1.54, 1.807) is 0 Å². The van der Waals surface area contributed by atoms with Crippen LogP contribution in [-0.4, -0.2) is 55.7 Å². The second-order valence-electron chi connectivity index (χ2n) is 7.51. The van der Waals surface area contributed by atoms with Crippen molar-refractivity contribution in [1.29, 1.82) is 0 Å². The van der Waals surface area contributed by atoms with Crippen LogP contribution in [0.25, 0.3) is 0 Å². The van der Waals surface area contributed by atoms with Gasteiger partial charge in [0, 0.05) is 24.7 Å². The van der Waals surface area contributed by atoms with Crippen LogP contribution in [0.15, 0.2) is 12.1 Å². The molecule has 2 heterocycles. The van der Waals surface area contributed by atoms with Gasteiger partial charge in [0.15, 0.2) is 23.1 Å². The third-order valence-electron chi connectivity index (χ3n) is 5.43. The fourth-order valence-electron chi connectivity index (χ4n) is 3.64. The number of nitrogens with one attached hydrogen (secondary N) is 2. The molecule has 2 amide bonds. The zero-order chi connectivity index (χ0) is 23.1. The smallest absolute Gasteiger partial charge is 0.319 e. The topological polar surface area (TPSA) is 84.9 Å². The highest BCUT2D eigenvalue weighted by Gasteiger charge is 2.21. The number of aromatic nitrogens is 1. The highest BCUT2D eigenvalue weighted by atomic mass is 32.1. The third kappa shape index (κ3) is 5.98. The van der Waals surface area contributed by atoms with Crippen molar-refractivity contribution in [3.63, 3.8) is 0 Å². The number of anilines is 1. The largest absolute Gasteiger partial charge is 0.494 e. The quantitative estimate of drug-likeness (QED) is 0.511. The molecular formula is C21H28F2N4O4S. The van der Waals surface area contributed by atoms with Gasteiger partial charge >= 0.3 is 6.03 Å². The van der Waals surface area contributed by atoms with Gasteiger partial charge in [-0.3, -0.25) is 5.32 Å². The third-order valence-corrected chi connectivity index (χ3v) is 6.11. The Bertz CT molecular complexity index is 899. The van der Waals surface area contributed by atoms with Crippen molar-refractivity contribution in [2.45, 2.75) is 38.3 Å². The van der Waals surface area contributed by atoms with Crippen LogP contribution >= 0.6 is 11.5 Å². The zero-order valence-electron chi connectivity index (χ0n) is 18.4. The van der Waals surface area contributed by atoms with Gasteiger partial charge in [-0.2, -0.15) is 4.37 Å². The van der Waals surface area contributed by atoms with E-state index in [2.05, 4.69) is 27.0 Å². The lowest BCUT2D eigenvalue weighted by atomic mass is 10.1. The van der Waals surface area contributed by atoms with Crippen LogP contribution in [0.4, 0.5) is 18.6 Å². The summed E-state index contributed by atoms with van der Waals surface area (Å²) in [5.41, 5.74) is -0.339. The second kappa shape index (κ2) is 11.3. The first-order valence-corrected chi connectivity index (χ1v) is 11.1. The Kier molecular flexibility index (Phi) is 8.46. The Hall–Kier alpha value is -2.66. The average molecular weight is 471 g/mol. The minimum absolute atomic E-state index is 0.134. The number of likely N-dealkylation sites (tertiary alicyclic amines) is 1. The number of carbonyl (C=O) groups excluding carboxylic acids is 1. The van der Waals surface area contributed by atoms with E-state index in [0.717, 1.165) is 37.0 Å². The number of halogens is 2. The van der Waals surface area contributed by atoms with E-state index in [-0.39, 0.29) is 29.0 Å². The molecule has 0 saturated carbocycles. The Balaban J connectivity index is 1.47. The molecule has 1 aromatic heterocycles. The van der Waals surface area contributed by atoms with E-state index < -0.39 is 18.2 Å². The minimum Gasteiger partial charge on any atom is -0.494 e. The molecule has 1 saturated heterocycles. The first-order valence-electron chi connectivity index (χ1n) is 10.4. The van der Waals surface area contributed by atoms with Gasteiger partial charge in [0.2, 0.25) is 5.88 Å². The SMILES string of the molecule is COc1cc(OC)c(F)c(COc2cc(NC(=O)NCCCC3CCCN3C)sn2)c1F. The van der Waals surface area contributed by atoms with E-state index in [0.29, 0.717) is 17.6 Å². The molecule has 11 heteroatoms. The first kappa shape index (κ1) is 24.0. The molecule has 0 aliphatic carbocycles. The van der Waals surface area contributed by atoms with Gasteiger partial charge in [0.1, 0.15) is 11.6 Å². The summed E-state index contributed by atoms with van der Waals surface area (Å²) in [5.74, 6) is -1.92. The molecule has 1 aromatic carbocycles. The number of benzene rings is 1. The monoisotopic (exact) mass is 470 g/mol. The lowest BCUT2D eigenvalue weighted by Crippen LogP contribution is -2.31. The van der Waals surface area contributed by atoms with Crippen LogP contribution in [-0.2, 0) is 6.61 Å². The standard InChI is InChI=1S/C21H28F2N4O4S/c1-27-9-5-7-13(27)6-4-8-24-21(28)25-18-11-17(26-32-18)31-12-14-19(22)15(29-2)10-16(30-3)20(14)23/h10-11,13H,4-9,12H2,1-3H3,(H2,24,25,28). The maximum atomic E-state index is 14.4. The molecule has 0 radical (unpaired) electrons. The van der Waals surface area contributed by atoms with Crippen molar-refractivity contribution >= 4 is 22.6 Å². The molecule has 1 aliphatic heterocycles. The highest BCUT2D eigenvalue weighted by Crippen LogP contribution is 2.32. The molecule has 0 bridgehead atoms. The van der Waals surface area contributed by atoms with Gasteiger partial charge in [-0.25, -0.2) is 13.6 Å². The summed E-state index contributed by atoms with van der Waals surface area (Å²) in [4.78, 5) is 14.4. The molecular weight excluding hydrogens is 442 g/mol. The number of nitrogens with zero attached hydrogens (tertiary/aromatic N) is 2. The first-order chi connectivity index (χ1) is 15.4. The van der Waals surface area contributed by atoms with E-state index in [9.17, 15) is 13.6 Å². The molecule has 1 unspecified atom stereocenters. The van der Waals surface area contributed by atoms with Crippen LogP contribution in [0, 0.1) is 11.6 Å². The predicted octanol–water partition coefficient (Wildman–Crippen LogP) is 4.01. The number of carbonyl (C=O) groups is 1. The van der Waals surface area contributed by atoms with E-state index >= 15 is 0 Å². The number of rotatable bonds is 10. The fourth-order valence-corrected chi connectivity index (χ4v) is 4.22. The molecule has 1 aliphatic rings. The van der Waals surface area contributed by atoms with Crippen molar-refractivity contribution in [2.24, 2.45) is 0 Å². The summed E-state index contributed by atoms with van der Waals surface area (Å²) in [6.07, 6.45) is 4.40. The molecule has 2 N–H and O–H groups in total. The van der Waals surface area contributed by atoms with Crippen molar-refractivity contribution in [3.8, 4) is 17.4 Å². The Morgan fingerprint density at radius 2 is 1.97 bits per heavy atom. The van der Waals surface area contributed by atoms with Crippen LogP contribution in [0.3, 0.4) is 0 Å². The average Bonchev–Trinajstić information content (AvgIpc) is 3.40. The van der Waals surface area contributed by atoms with Crippen molar-refractivity contribution in [3.05, 3.63) is 29.3 Å². The summed E-state index contributed by atoms with van der Waals surface area (Å²) < 4.78 is 48.1. The summed E-state index contributed by atoms with van der Waals surface area (Å²) in [7, 11) is 4.68. The van der Waals surface area contributed by atoms with E-state index in [1.165, 1.54) is 33.1 Å². The Morgan fingerprint density at radius 3 is 2.59 bits per heavy atom. The molecule has 176 valence electrons. The molecule has 8 nitrogen and oxygen atoms in total. The van der Waals surface area contributed by atoms with Crippen LogP contribution in [0.5, 0.6) is 17.4 Å². The van der Waals surface area contributed by atoms with Gasteiger partial charge in [-0.1, -0.05) is 0 Å². The summed E-state index contributed by atoms with van der Waals surface area (Å²) in [6, 6.07) is 2.88. The van der Waals surface area contributed by atoms with Crippen LogP contribution in [0.1, 0.15) is 31.2 Å². The number of ether oxygens (including phenoxy) is 3. The fraction of sp³-hybridized carbons (Fsp3) is 0.524.